The molecule has 46 heavy (non-hydrogen) atoms. The summed E-state index contributed by atoms with van der Waals surface area (Å²) in [4.78, 5) is 8.82. The van der Waals surface area contributed by atoms with Crippen LogP contribution in [-0.4, -0.2) is 9.97 Å². The Kier molecular flexibility index (Phi) is 6.02. The third kappa shape index (κ3) is 4.06. The van der Waals surface area contributed by atoms with E-state index in [1.807, 2.05) is 103 Å². The molecule has 0 N–H and O–H groups in total. The molecular formula is C40H25N2O3P. The number of nitrogens with zero attached hydrogens (tertiary/aromatic N) is 2. The summed E-state index contributed by atoms with van der Waals surface area (Å²) in [5.74, 6) is 2.19. The van der Waals surface area contributed by atoms with E-state index in [-0.39, 0.29) is 0 Å². The van der Waals surface area contributed by atoms with Crippen molar-refractivity contribution in [3.8, 4) is 67.5 Å². The monoisotopic (exact) mass is 612 g/mol. The van der Waals surface area contributed by atoms with Crippen molar-refractivity contribution in [1.29, 1.82) is 0 Å². The lowest BCUT2D eigenvalue weighted by atomic mass is 9.98. The number of hydrogen-bond acceptors (Lipinski definition) is 5. The zero-order valence-electron chi connectivity index (χ0n) is 24.5. The highest BCUT2D eigenvalue weighted by atomic mass is 31.2. The molecular weight excluding hydrogens is 587 g/mol. The minimum Gasteiger partial charge on any atom is -0.455 e. The number of benzene rings is 5. The van der Waals surface area contributed by atoms with Crippen molar-refractivity contribution >= 4 is 23.1 Å². The Morgan fingerprint density at radius 3 is 1.35 bits per heavy atom. The van der Waals surface area contributed by atoms with Crippen LogP contribution in [0.1, 0.15) is 0 Å². The van der Waals surface area contributed by atoms with Crippen LogP contribution in [0.2, 0.25) is 0 Å². The molecule has 0 spiro atoms. The largest absolute Gasteiger partial charge is 0.455 e. The maximum atomic E-state index is 16.2. The van der Waals surface area contributed by atoms with E-state index in [0.717, 1.165) is 44.5 Å². The van der Waals surface area contributed by atoms with Crippen LogP contribution in [0.3, 0.4) is 0 Å². The zero-order valence-corrected chi connectivity index (χ0v) is 25.4. The summed E-state index contributed by atoms with van der Waals surface area (Å²) in [5, 5.41) is 1.87. The van der Waals surface area contributed by atoms with E-state index in [1.54, 1.807) is 24.8 Å². The minimum absolute atomic E-state index is 0.523. The smallest absolute Gasteiger partial charge is 0.185 e. The van der Waals surface area contributed by atoms with E-state index >= 15 is 4.57 Å². The Morgan fingerprint density at radius 2 is 0.913 bits per heavy atom. The lowest BCUT2D eigenvalue weighted by Gasteiger charge is -2.37. The van der Waals surface area contributed by atoms with Crippen LogP contribution < -0.4 is 25.4 Å². The molecule has 7 aromatic rings. The molecule has 0 atom stereocenters. The maximum absolute atomic E-state index is 16.2. The molecule has 6 heteroatoms. The van der Waals surface area contributed by atoms with Gasteiger partial charge in [0.15, 0.2) is 18.6 Å². The van der Waals surface area contributed by atoms with Gasteiger partial charge in [-0.2, -0.15) is 0 Å². The summed E-state index contributed by atoms with van der Waals surface area (Å²) in [5.41, 5.74) is 7.35. The number of pyridine rings is 2. The fourth-order valence-electron chi connectivity index (χ4n) is 6.52. The molecule has 0 fully saturated rings. The first-order valence-corrected chi connectivity index (χ1v) is 16.8. The van der Waals surface area contributed by atoms with Crippen LogP contribution in [0, 0.1) is 0 Å². The predicted molar refractivity (Wildman–Crippen MR) is 183 cm³/mol. The standard InChI is InChI=1S/C40H25N2O3P/c43-46-36-17-15-28(26-9-3-1-4-10-26)21-34(36)44-38-32(30-13-7-19-41-24-30)23-33(31-14-8-20-42-25-31)39(40(38)46)45-35-22-29(16-18-37(35)46)27-11-5-2-6-12-27/h1-25H. The second kappa shape index (κ2) is 10.4. The summed E-state index contributed by atoms with van der Waals surface area (Å²) in [6, 6.07) is 42.1. The maximum Gasteiger partial charge on any atom is 0.185 e. The molecule has 0 amide bonds. The normalized spacial score (nSPS) is 13.4. The quantitative estimate of drug-likeness (QED) is 0.186. The molecule has 2 aliphatic rings. The number of aromatic nitrogens is 2. The summed E-state index contributed by atoms with van der Waals surface area (Å²) in [6.45, 7) is 0. The number of ether oxygens (including phenoxy) is 2. The first-order chi connectivity index (χ1) is 22.7. The Balaban J connectivity index is 1.37. The van der Waals surface area contributed by atoms with Gasteiger partial charge in [-0.05, 0) is 64.7 Å². The molecule has 0 bridgehead atoms. The van der Waals surface area contributed by atoms with Gasteiger partial charge in [0, 0.05) is 47.0 Å². The first-order valence-electron chi connectivity index (χ1n) is 15.1. The third-order valence-electron chi connectivity index (χ3n) is 8.70. The average molecular weight is 613 g/mol. The van der Waals surface area contributed by atoms with E-state index in [9.17, 15) is 0 Å². The number of rotatable bonds is 4. The molecule has 9 rings (SSSR count). The van der Waals surface area contributed by atoms with Gasteiger partial charge in [0.2, 0.25) is 0 Å². The highest BCUT2D eigenvalue weighted by molar-refractivity contribution is 7.86. The molecule has 5 nitrogen and oxygen atoms in total. The van der Waals surface area contributed by atoms with E-state index in [1.165, 1.54) is 0 Å². The van der Waals surface area contributed by atoms with Crippen LogP contribution in [0.25, 0.3) is 44.5 Å². The van der Waals surface area contributed by atoms with E-state index in [2.05, 4.69) is 34.2 Å². The molecule has 0 saturated carbocycles. The van der Waals surface area contributed by atoms with Crippen LogP contribution in [0.4, 0.5) is 0 Å². The van der Waals surface area contributed by atoms with Crippen LogP contribution in [0.5, 0.6) is 23.0 Å². The third-order valence-corrected chi connectivity index (χ3v) is 11.8. The van der Waals surface area contributed by atoms with Gasteiger partial charge in [-0.15, -0.1) is 0 Å². The molecule has 0 saturated heterocycles. The fourth-order valence-corrected chi connectivity index (χ4v) is 9.58. The Hall–Kier alpha value is -5.77. The van der Waals surface area contributed by atoms with Gasteiger partial charge < -0.3 is 14.0 Å². The Morgan fingerprint density at radius 1 is 0.457 bits per heavy atom. The van der Waals surface area contributed by atoms with Crippen LogP contribution in [-0.2, 0) is 4.57 Å². The SMILES string of the molecule is O=P12c3ccc(-c4ccccc4)cc3Oc3c(-c4cccnc4)cc(-c4cccnc4)c(c31)Oc1cc(-c3ccccc3)ccc12. The molecule has 0 unspecified atom stereocenters. The summed E-state index contributed by atoms with van der Waals surface area (Å²) in [6.07, 6.45) is 7.09. The lowest BCUT2D eigenvalue weighted by Crippen LogP contribution is -2.35. The fraction of sp³-hybridized carbons (Fsp3) is 0. The van der Waals surface area contributed by atoms with Gasteiger partial charge >= 0.3 is 0 Å². The molecule has 0 radical (unpaired) electrons. The zero-order chi connectivity index (χ0) is 30.7. The van der Waals surface area contributed by atoms with Gasteiger partial charge in [-0.25, -0.2) is 0 Å². The van der Waals surface area contributed by atoms with Crippen molar-refractivity contribution in [3.63, 3.8) is 0 Å². The minimum atomic E-state index is -3.52. The first kappa shape index (κ1) is 26.6. The highest BCUT2D eigenvalue weighted by Crippen LogP contribution is 2.62. The van der Waals surface area contributed by atoms with E-state index in [4.69, 9.17) is 9.47 Å². The molecule has 218 valence electrons. The predicted octanol–water partition coefficient (Wildman–Crippen LogP) is 9.00. The Labute approximate surface area is 266 Å². The molecule has 2 aliphatic heterocycles. The van der Waals surface area contributed by atoms with Crippen molar-refractivity contribution in [2.45, 2.75) is 0 Å². The molecule has 0 aliphatic carbocycles. The van der Waals surface area contributed by atoms with Crippen LogP contribution >= 0.6 is 7.14 Å². The lowest BCUT2D eigenvalue weighted by molar-refractivity contribution is 0.464. The summed E-state index contributed by atoms with van der Waals surface area (Å²) >= 11 is 0. The molecule has 4 heterocycles. The summed E-state index contributed by atoms with van der Waals surface area (Å²) < 4.78 is 29.9. The van der Waals surface area contributed by atoms with E-state index < -0.39 is 7.14 Å². The average Bonchev–Trinajstić information content (AvgIpc) is 3.13. The van der Waals surface area contributed by atoms with Gasteiger partial charge in [0.25, 0.3) is 0 Å². The second-order valence-electron chi connectivity index (χ2n) is 11.4. The molecule has 2 aromatic heterocycles. The van der Waals surface area contributed by atoms with Crippen molar-refractivity contribution < 1.29 is 14.0 Å². The molecule has 5 aromatic carbocycles. The van der Waals surface area contributed by atoms with Crippen molar-refractivity contribution in [2.24, 2.45) is 0 Å². The van der Waals surface area contributed by atoms with Gasteiger partial charge in [-0.3, -0.25) is 9.97 Å². The van der Waals surface area contributed by atoms with E-state index in [0.29, 0.717) is 38.9 Å². The van der Waals surface area contributed by atoms with Gasteiger partial charge in [0.1, 0.15) is 16.8 Å². The Bertz CT molecular complexity index is 2170. The van der Waals surface area contributed by atoms with Crippen molar-refractivity contribution in [1.82, 2.24) is 9.97 Å². The van der Waals surface area contributed by atoms with Crippen molar-refractivity contribution in [2.75, 3.05) is 0 Å². The summed E-state index contributed by atoms with van der Waals surface area (Å²) in [7, 11) is -3.52. The number of hydrogen-bond donors (Lipinski definition) is 0. The highest BCUT2D eigenvalue weighted by Gasteiger charge is 2.48. The van der Waals surface area contributed by atoms with Crippen molar-refractivity contribution in [3.05, 3.63) is 152 Å². The number of fused-ring (bicyclic) bond motifs is 4. The van der Waals surface area contributed by atoms with Gasteiger partial charge in [-0.1, -0.05) is 84.9 Å². The topological polar surface area (TPSA) is 61.3 Å². The van der Waals surface area contributed by atoms with Gasteiger partial charge in [0.05, 0.1) is 10.6 Å². The second-order valence-corrected chi connectivity index (χ2v) is 14.0. The van der Waals surface area contributed by atoms with Crippen LogP contribution in [0.15, 0.2) is 152 Å².